The second-order valence-corrected chi connectivity index (χ2v) is 6.28. The van der Waals surface area contributed by atoms with E-state index in [1.165, 1.54) is 22.3 Å². The summed E-state index contributed by atoms with van der Waals surface area (Å²) in [6, 6.07) is 4.29. The largest absolute Gasteiger partial charge is 0.496 e. The summed E-state index contributed by atoms with van der Waals surface area (Å²) < 4.78 is 5.45. The normalized spacial score (nSPS) is 25.3. The smallest absolute Gasteiger partial charge is 0.158 e. The van der Waals surface area contributed by atoms with E-state index < -0.39 is 0 Å². The molecule has 0 radical (unpaired) electrons. The van der Waals surface area contributed by atoms with Gasteiger partial charge in [-0.05, 0) is 61.4 Å². The Labute approximate surface area is 120 Å². The van der Waals surface area contributed by atoms with Crippen LogP contribution in [0.5, 0.6) is 5.75 Å². The monoisotopic (exact) mass is 270 g/mol. The Morgan fingerprint density at radius 3 is 2.60 bits per heavy atom. The standard InChI is InChI=1S/C18H22O2/c1-11-13-5-6-14-12(2)16(19)9-10-18(14,3)15(13)7-8-17(11)20-4/h7-8H,5-6,9-10H2,1-4H3/t18-/m0/s1. The Hall–Kier alpha value is -1.57. The number of Topliss-reactive ketones (excluding diaryl/α,β-unsaturated/α-hetero) is 1. The molecule has 0 saturated heterocycles. The zero-order valence-corrected chi connectivity index (χ0v) is 12.8. The summed E-state index contributed by atoms with van der Waals surface area (Å²) in [6.45, 7) is 6.47. The van der Waals surface area contributed by atoms with Crippen LogP contribution in [0.15, 0.2) is 23.3 Å². The predicted molar refractivity (Wildman–Crippen MR) is 80.3 cm³/mol. The minimum Gasteiger partial charge on any atom is -0.496 e. The molecule has 0 bridgehead atoms. The van der Waals surface area contributed by atoms with Gasteiger partial charge < -0.3 is 4.74 Å². The molecule has 1 aromatic rings. The predicted octanol–water partition coefficient (Wildman–Crippen LogP) is 3.89. The number of carbonyl (C=O) groups is 1. The third-order valence-electron chi connectivity index (χ3n) is 5.38. The fourth-order valence-corrected chi connectivity index (χ4v) is 4.09. The lowest BCUT2D eigenvalue weighted by molar-refractivity contribution is -0.116. The van der Waals surface area contributed by atoms with Crippen molar-refractivity contribution in [1.29, 1.82) is 0 Å². The number of fused-ring (bicyclic) bond motifs is 3. The lowest BCUT2D eigenvalue weighted by Gasteiger charge is -2.43. The first-order valence-electron chi connectivity index (χ1n) is 7.39. The minimum absolute atomic E-state index is 0.0443. The number of methoxy groups -OCH3 is 1. The molecular formula is C18H22O2. The van der Waals surface area contributed by atoms with E-state index in [2.05, 4.69) is 26.0 Å². The maximum Gasteiger partial charge on any atom is 0.158 e. The van der Waals surface area contributed by atoms with E-state index in [1.54, 1.807) is 7.11 Å². The summed E-state index contributed by atoms with van der Waals surface area (Å²) in [6.07, 6.45) is 3.65. The Bertz CT molecular complexity index is 625. The molecule has 2 heteroatoms. The summed E-state index contributed by atoms with van der Waals surface area (Å²) in [5.74, 6) is 1.31. The van der Waals surface area contributed by atoms with Crippen molar-refractivity contribution in [2.24, 2.45) is 0 Å². The SMILES string of the molecule is COc1ccc2c(c1C)CCC1=C(C)C(=O)CC[C@@]12C. The molecule has 20 heavy (non-hydrogen) atoms. The van der Waals surface area contributed by atoms with Crippen molar-refractivity contribution < 1.29 is 9.53 Å². The van der Waals surface area contributed by atoms with E-state index in [0.717, 1.165) is 30.6 Å². The van der Waals surface area contributed by atoms with E-state index in [4.69, 9.17) is 4.74 Å². The van der Waals surface area contributed by atoms with Crippen molar-refractivity contribution >= 4 is 5.78 Å². The lowest BCUT2D eigenvalue weighted by Crippen LogP contribution is -2.36. The van der Waals surface area contributed by atoms with Gasteiger partial charge in [-0.2, -0.15) is 0 Å². The molecule has 106 valence electrons. The number of ether oxygens (including phenoxy) is 1. The van der Waals surface area contributed by atoms with Crippen LogP contribution in [0.2, 0.25) is 0 Å². The quantitative estimate of drug-likeness (QED) is 0.774. The average molecular weight is 270 g/mol. The van der Waals surface area contributed by atoms with Gasteiger partial charge >= 0.3 is 0 Å². The van der Waals surface area contributed by atoms with Crippen molar-refractivity contribution in [2.75, 3.05) is 7.11 Å². The number of hydrogen-bond donors (Lipinski definition) is 0. The highest BCUT2D eigenvalue weighted by molar-refractivity contribution is 5.97. The summed E-state index contributed by atoms with van der Waals surface area (Å²) in [5.41, 5.74) is 6.52. The van der Waals surface area contributed by atoms with E-state index in [9.17, 15) is 4.79 Å². The van der Waals surface area contributed by atoms with E-state index in [0.29, 0.717) is 12.2 Å². The molecule has 0 aliphatic heterocycles. The Kier molecular flexibility index (Phi) is 3.00. The Morgan fingerprint density at radius 1 is 1.15 bits per heavy atom. The van der Waals surface area contributed by atoms with Crippen molar-refractivity contribution in [1.82, 2.24) is 0 Å². The lowest BCUT2D eigenvalue weighted by atomic mass is 9.61. The molecule has 2 aliphatic carbocycles. The molecule has 0 aromatic heterocycles. The number of allylic oxidation sites excluding steroid dienone is 2. The molecule has 0 amide bonds. The fourth-order valence-electron chi connectivity index (χ4n) is 4.09. The molecule has 2 nitrogen and oxygen atoms in total. The third-order valence-corrected chi connectivity index (χ3v) is 5.38. The molecular weight excluding hydrogens is 248 g/mol. The summed E-state index contributed by atoms with van der Waals surface area (Å²) in [7, 11) is 1.73. The molecule has 3 rings (SSSR count). The van der Waals surface area contributed by atoms with Gasteiger partial charge in [-0.1, -0.05) is 18.6 Å². The number of carbonyl (C=O) groups excluding carboxylic acids is 1. The van der Waals surface area contributed by atoms with Crippen LogP contribution in [-0.2, 0) is 16.6 Å². The summed E-state index contributed by atoms with van der Waals surface area (Å²) in [5, 5.41) is 0. The first kappa shape index (κ1) is 13.4. The molecule has 0 N–H and O–H groups in total. The van der Waals surface area contributed by atoms with Crippen LogP contribution in [0, 0.1) is 6.92 Å². The Balaban J connectivity index is 2.22. The van der Waals surface area contributed by atoms with Gasteiger partial charge in [0, 0.05) is 11.8 Å². The molecule has 0 unspecified atom stereocenters. The van der Waals surface area contributed by atoms with Crippen LogP contribution in [-0.4, -0.2) is 12.9 Å². The molecule has 0 heterocycles. The van der Waals surface area contributed by atoms with Crippen molar-refractivity contribution in [3.8, 4) is 5.75 Å². The number of rotatable bonds is 1. The molecule has 0 fully saturated rings. The van der Waals surface area contributed by atoms with Gasteiger partial charge in [0.1, 0.15) is 5.75 Å². The molecule has 2 aliphatic rings. The number of benzene rings is 1. The van der Waals surface area contributed by atoms with Crippen molar-refractivity contribution in [3.63, 3.8) is 0 Å². The first-order valence-corrected chi connectivity index (χ1v) is 7.39. The van der Waals surface area contributed by atoms with E-state index in [-0.39, 0.29) is 5.41 Å². The van der Waals surface area contributed by atoms with Crippen LogP contribution >= 0.6 is 0 Å². The van der Waals surface area contributed by atoms with Crippen LogP contribution in [0.25, 0.3) is 0 Å². The van der Waals surface area contributed by atoms with Gasteiger partial charge in [-0.3, -0.25) is 4.79 Å². The second kappa shape index (κ2) is 4.47. The van der Waals surface area contributed by atoms with Crippen LogP contribution in [0.3, 0.4) is 0 Å². The van der Waals surface area contributed by atoms with Gasteiger partial charge in [-0.15, -0.1) is 0 Å². The van der Waals surface area contributed by atoms with Gasteiger partial charge in [-0.25, -0.2) is 0 Å². The highest BCUT2D eigenvalue weighted by Crippen LogP contribution is 2.49. The van der Waals surface area contributed by atoms with Gasteiger partial charge in [0.05, 0.1) is 7.11 Å². The van der Waals surface area contributed by atoms with Crippen LogP contribution in [0.1, 0.15) is 49.8 Å². The maximum absolute atomic E-state index is 12.0. The number of ketones is 1. The fraction of sp³-hybridized carbons (Fsp3) is 0.500. The first-order chi connectivity index (χ1) is 9.49. The van der Waals surface area contributed by atoms with E-state index in [1.807, 2.05) is 6.92 Å². The third kappa shape index (κ3) is 1.67. The highest BCUT2D eigenvalue weighted by atomic mass is 16.5. The Morgan fingerprint density at radius 2 is 1.90 bits per heavy atom. The van der Waals surface area contributed by atoms with Gasteiger partial charge in [0.25, 0.3) is 0 Å². The van der Waals surface area contributed by atoms with Crippen molar-refractivity contribution in [3.05, 3.63) is 40.0 Å². The topological polar surface area (TPSA) is 26.3 Å². The summed E-state index contributed by atoms with van der Waals surface area (Å²) in [4.78, 5) is 12.0. The highest BCUT2D eigenvalue weighted by Gasteiger charge is 2.41. The van der Waals surface area contributed by atoms with Gasteiger partial charge in [0.15, 0.2) is 5.78 Å². The molecule has 0 spiro atoms. The molecule has 0 saturated carbocycles. The van der Waals surface area contributed by atoms with Gasteiger partial charge in [0.2, 0.25) is 0 Å². The van der Waals surface area contributed by atoms with E-state index >= 15 is 0 Å². The number of hydrogen-bond acceptors (Lipinski definition) is 2. The van der Waals surface area contributed by atoms with Crippen LogP contribution < -0.4 is 4.74 Å². The molecule has 1 atom stereocenters. The zero-order valence-electron chi connectivity index (χ0n) is 12.8. The second-order valence-electron chi connectivity index (χ2n) is 6.28. The zero-order chi connectivity index (χ0) is 14.5. The molecule has 1 aromatic carbocycles. The van der Waals surface area contributed by atoms with Crippen LogP contribution in [0.4, 0.5) is 0 Å². The minimum atomic E-state index is 0.0443. The summed E-state index contributed by atoms with van der Waals surface area (Å²) >= 11 is 0. The van der Waals surface area contributed by atoms with Crippen molar-refractivity contribution in [2.45, 2.75) is 51.9 Å². The maximum atomic E-state index is 12.0. The average Bonchev–Trinajstić information content (AvgIpc) is 2.44.